The molecule has 1 saturated heterocycles. The summed E-state index contributed by atoms with van der Waals surface area (Å²) in [5.74, 6) is -0.401. The van der Waals surface area contributed by atoms with Crippen molar-refractivity contribution in [3.8, 4) is 0 Å². The van der Waals surface area contributed by atoms with E-state index in [-0.39, 0.29) is 5.78 Å². The molecule has 0 atom stereocenters. The lowest BCUT2D eigenvalue weighted by Crippen LogP contribution is -2.29. The van der Waals surface area contributed by atoms with E-state index in [1.165, 1.54) is 44.2 Å². The Hall–Kier alpha value is -1.29. The van der Waals surface area contributed by atoms with Crippen molar-refractivity contribution in [1.82, 2.24) is 9.88 Å². The highest BCUT2D eigenvalue weighted by Gasteiger charge is 2.12. The van der Waals surface area contributed by atoms with Crippen LogP contribution >= 0.6 is 0 Å². The van der Waals surface area contributed by atoms with Crippen LogP contribution in [0.15, 0.2) is 18.3 Å². The molecule has 0 aliphatic carbocycles. The molecule has 1 aliphatic heterocycles. The van der Waals surface area contributed by atoms with E-state index in [0.29, 0.717) is 12.1 Å². The number of carbonyl (C=O) groups excluding carboxylic acids is 1. The second kappa shape index (κ2) is 7.34. The summed E-state index contributed by atoms with van der Waals surface area (Å²) in [5, 5.41) is 0. The summed E-state index contributed by atoms with van der Waals surface area (Å²) < 4.78 is 12.7. The number of rotatable bonds is 4. The van der Waals surface area contributed by atoms with Crippen molar-refractivity contribution >= 4 is 5.78 Å². The Balaban J connectivity index is 1.80. The van der Waals surface area contributed by atoms with Crippen LogP contribution in [0.4, 0.5) is 4.39 Å². The summed E-state index contributed by atoms with van der Waals surface area (Å²) in [4.78, 5) is 18.1. The Labute approximate surface area is 113 Å². The van der Waals surface area contributed by atoms with Crippen LogP contribution < -0.4 is 0 Å². The molecule has 1 aliphatic rings. The molecular weight excluding hydrogens is 243 g/mol. The van der Waals surface area contributed by atoms with Crippen molar-refractivity contribution in [1.29, 1.82) is 0 Å². The molecule has 1 fully saturated rings. The Morgan fingerprint density at radius 3 is 2.47 bits per heavy atom. The van der Waals surface area contributed by atoms with Gasteiger partial charge in [0, 0.05) is 13.0 Å². The van der Waals surface area contributed by atoms with Crippen molar-refractivity contribution in [2.75, 3.05) is 19.6 Å². The number of aromatic nitrogens is 1. The minimum absolute atomic E-state index is 0.00191. The largest absolute Gasteiger partial charge is 0.303 e. The maximum Gasteiger partial charge on any atom is 0.182 e. The monoisotopic (exact) mass is 264 g/mol. The van der Waals surface area contributed by atoms with Gasteiger partial charge in [0.2, 0.25) is 0 Å². The molecule has 0 N–H and O–H groups in total. The first-order valence-electron chi connectivity index (χ1n) is 7.13. The van der Waals surface area contributed by atoms with E-state index in [9.17, 15) is 9.18 Å². The lowest BCUT2D eigenvalue weighted by atomic mass is 10.1. The highest BCUT2D eigenvalue weighted by molar-refractivity contribution is 5.94. The van der Waals surface area contributed by atoms with E-state index < -0.39 is 5.82 Å². The fourth-order valence-corrected chi connectivity index (χ4v) is 2.47. The van der Waals surface area contributed by atoms with Gasteiger partial charge in [-0.25, -0.2) is 4.39 Å². The smallest absolute Gasteiger partial charge is 0.182 e. The minimum Gasteiger partial charge on any atom is -0.303 e. The van der Waals surface area contributed by atoms with Crippen LogP contribution in [0.5, 0.6) is 0 Å². The highest BCUT2D eigenvalue weighted by Crippen LogP contribution is 2.11. The van der Waals surface area contributed by atoms with Crippen molar-refractivity contribution in [2.45, 2.75) is 38.5 Å². The Morgan fingerprint density at radius 1 is 1.16 bits per heavy atom. The molecule has 0 unspecified atom stereocenters. The van der Waals surface area contributed by atoms with Crippen LogP contribution in [-0.2, 0) is 0 Å². The quantitative estimate of drug-likeness (QED) is 0.784. The van der Waals surface area contributed by atoms with E-state index in [2.05, 4.69) is 9.88 Å². The molecule has 1 aromatic heterocycles. The fourth-order valence-electron chi connectivity index (χ4n) is 2.47. The molecule has 19 heavy (non-hydrogen) atoms. The van der Waals surface area contributed by atoms with Gasteiger partial charge in [0.1, 0.15) is 11.5 Å². The third-order valence-electron chi connectivity index (χ3n) is 3.62. The minimum atomic E-state index is -0.402. The van der Waals surface area contributed by atoms with Crippen molar-refractivity contribution in [2.24, 2.45) is 0 Å². The molecule has 0 amide bonds. The summed E-state index contributed by atoms with van der Waals surface area (Å²) >= 11 is 0. The number of carbonyl (C=O) groups is 1. The number of hydrogen-bond donors (Lipinski definition) is 0. The summed E-state index contributed by atoms with van der Waals surface area (Å²) in [5.41, 5.74) is 0.369. The van der Waals surface area contributed by atoms with Crippen LogP contribution in [0.3, 0.4) is 0 Å². The molecule has 2 rings (SSSR count). The SMILES string of the molecule is O=C(CCN1CCCCCCC1)c1ccc(F)cn1. The summed E-state index contributed by atoms with van der Waals surface area (Å²) in [6, 6.07) is 2.75. The average Bonchev–Trinajstić information content (AvgIpc) is 2.38. The number of nitrogens with zero attached hydrogens (tertiary/aromatic N) is 2. The molecule has 0 bridgehead atoms. The van der Waals surface area contributed by atoms with E-state index in [4.69, 9.17) is 0 Å². The van der Waals surface area contributed by atoms with Crippen LogP contribution in [0.25, 0.3) is 0 Å². The van der Waals surface area contributed by atoms with Gasteiger partial charge < -0.3 is 4.90 Å². The maximum absolute atomic E-state index is 12.7. The van der Waals surface area contributed by atoms with E-state index in [1.54, 1.807) is 0 Å². The zero-order valence-corrected chi connectivity index (χ0v) is 11.3. The molecule has 104 valence electrons. The van der Waals surface area contributed by atoms with Gasteiger partial charge in [-0.05, 0) is 38.1 Å². The molecule has 0 spiro atoms. The van der Waals surface area contributed by atoms with Crippen molar-refractivity contribution in [3.05, 3.63) is 29.8 Å². The number of halogens is 1. The average molecular weight is 264 g/mol. The Bertz CT molecular complexity index is 397. The van der Waals surface area contributed by atoms with Crippen molar-refractivity contribution in [3.63, 3.8) is 0 Å². The van der Waals surface area contributed by atoms with Gasteiger partial charge in [-0.15, -0.1) is 0 Å². The normalized spacial score (nSPS) is 17.7. The third kappa shape index (κ3) is 4.71. The fraction of sp³-hybridized carbons (Fsp3) is 0.600. The summed E-state index contributed by atoms with van der Waals surface area (Å²) in [6.07, 6.45) is 7.95. The Morgan fingerprint density at radius 2 is 1.84 bits per heavy atom. The molecule has 1 aromatic rings. The first-order valence-corrected chi connectivity index (χ1v) is 7.13. The molecule has 0 saturated carbocycles. The van der Waals surface area contributed by atoms with Gasteiger partial charge >= 0.3 is 0 Å². The zero-order chi connectivity index (χ0) is 13.5. The first kappa shape index (κ1) is 14.1. The molecular formula is C15H21FN2O. The highest BCUT2D eigenvalue weighted by atomic mass is 19.1. The predicted octanol–water partition coefficient (Wildman–Crippen LogP) is 3.06. The Kier molecular flexibility index (Phi) is 5.45. The summed E-state index contributed by atoms with van der Waals surface area (Å²) in [7, 11) is 0. The lowest BCUT2D eigenvalue weighted by Gasteiger charge is -2.23. The van der Waals surface area contributed by atoms with Gasteiger partial charge in [-0.2, -0.15) is 0 Å². The molecule has 3 nitrogen and oxygen atoms in total. The lowest BCUT2D eigenvalue weighted by molar-refractivity contribution is 0.0957. The van der Waals surface area contributed by atoms with Crippen molar-refractivity contribution < 1.29 is 9.18 Å². The maximum atomic E-state index is 12.7. The topological polar surface area (TPSA) is 33.2 Å². The van der Waals surface area contributed by atoms with Gasteiger partial charge in [0.25, 0.3) is 0 Å². The molecule has 0 aromatic carbocycles. The number of hydrogen-bond acceptors (Lipinski definition) is 3. The van der Waals surface area contributed by atoms with Gasteiger partial charge in [0.15, 0.2) is 5.78 Å². The summed E-state index contributed by atoms with van der Waals surface area (Å²) in [6.45, 7) is 2.96. The first-order chi connectivity index (χ1) is 9.25. The van der Waals surface area contributed by atoms with Gasteiger partial charge in [-0.1, -0.05) is 19.3 Å². The second-order valence-electron chi connectivity index (χ2n) is 5.14. The number of likely N-dealkylation sites (tertiary alicyclic amines) is 1. The second-order valence-corrected chi connectivity index (χ2v) is 5.14. The predicted molar refractivity (Wildman–Crippen MR) is 72.7 cm³/mol. The van der Waals surface area contributed by atoms with Crippen LogP contribution in [0, 0.1) is 5.82 Å². The van der Waals surface area contributed by atoms with Gasteiger partial charge in [-0.3, -0.25) is 9.78 Å². The third-order valence-corrected chi connectivity index (χ3v) is 3.62. The van der Waals surface area contributed by atoms with E-state index in [1.807, 2.05) is 0 Å². The molecule has 0 radical (unpaired) electrons. The van der Waals surface area contributed by atoms with Crippen LogP contribution in [0.2, 0.25) is 0 Å². The van der Waals surface area contributed by atoms with Crippen LogP contribution in [-0.4, -0.2) is 35.3 Å². The van der Waals surface area contributed by atoms with E-state index >= 15 is 0 Å². The number of pyridine rings is 1. The van der Waals surface area contributed by atoms with E-state index in [0.717, 1.165) is 25.8 Å². The molecule has 2 heterocycles. The van der Waals surface area contributed by atoms with Gasteiger partial charge in [0.05, 0.1) is 6.20 Å². The number of ketones is 1. The molecule has 4 heteroatoms. The standard InChI is InChI=1S/C15H21FN2O/c16-13-6-7-14(17-12-13)15(19)8-11-18-9-4-2-1-3-5-10-18/h6-7,12H,1-5,8-11H2. The van der Waals surface area contributed by atoms with Crippen LogP contribution in [0.1, 0.15) is 49.0 Å². The number of Topliss-reactive ketones (excluding diaryl/α,β-unsaturated/α-hetero) is 1. The zero-order valence-electron chi connectivity index (χ0n) is 11.3.